The molecule has 0 saturated carbocycles. The molecule has 2 amide bonds. The lowest BCUT2D eigenvalue weighted by molar-refractivity contribution is -0.122. The lowest BCUT2D eigenvalue weighted by atomic mass is 10.0. The fourth-order valence-corrected chi connectivity index (χ4v) is 4.53. The summed E-state index contributed by atoms with van der Waals surface area (Å²) in [5, 5.41) is 5.31. The number of nitrogens with one attached hydrogen (secondary N) is 1. The molecule has 1 atom stereocenters. The Kier molecular flexibility index (Phi) is 4.23. The minimum absolute atomic E-state index is 0.00510. The molecule has 5 nitrogen and oxygen atoms in total. The molecule has 2 aliphatic rings. The van der Waals surface area contributed by atoms with Gasteiger partial charge in [-0.1, -0.05) is 30.3 Å². The molecule has 3 aromatic carbocycles. The first kappa shape index (κ1) is 17.7. The van der Waals surface area contributed by atoms with Crippen molar-refractivity contribution in [3.63, 3.8) is 0 Å². The van der Waals surface area contributed by atoms with Crippen LogP contribution < -0.4 is 15.0 Å². The van der Waals surface area contributed by atoms with Crippen LogP contribution in [0.5, 0.6) is 5.75 Å². The van der Waals surface area contributed by atoms with E-state index in [9.17, 15) is 9.59 Å². The Morgan fingerprint density at radius 1 is 1.07 bits per heavy atom. The molecule has 0 radical (unpaired) electrons. The Hall–Kier alpha value is -3.34. The SMILES string of the molecule is COc1cccc(NC(=O)[C@@H]2CC(=O)N(c3ccc4c5c(cccc35)CC4)C2)c1. The Balaban J connectivity index is 1.40. The van der Waals surface area contributed by atoms with Crippen molar-refractivity contribution in [3.8, 4) is 5.75 Å². The summed E-state index contributed by atoms with van der Waals surface area (Å²) in [7, 11) is 1.59. The van der Waals surface area contributed by atoms with E-state index in [0.717, 1.165) is 23.9 Å². The van der Waals surface area contributed by atoms with Crippen molar-refractivity contribution >= 4 is 34.0 Å². The van der Waals surface area contributed by atoms with Crippen molar-refractivity contribution in [3.05, 3.63) is 65.7 Å². The molecule has 1 N–H and O–H groups in total. The predicted octanol–water partition coefficient (Wildman–Crippen LogP) is 3.94. The van der Waals surface area contributed by atoms with Crippen molar-refractivity contribution in [2.45, 2.75) is 19.3 Å². The Labute approximate surface area is 169 Å². The van der Waals surface area contributed by atoms with Crippen molar-refractivity contribution in [1.29, 1.82) is 0 Å². The van der Waals surface area contributed by atoms with E-state index in [2.05, 4.69) is 29.6 Å². The van der Waals surface area contributed by atoms with E-state index < -0.39 is 0 Å². The zero-order chi connectivity index (χ0) is 20.0. The second-order valence-corrected chi connectivity index (χ2v) is 7.71. The number of nitrogens with zero attached hydrogens (tertiary/aromatic N) is 1. The molecule has 1 aliphatic heterocycles. The molecule has 1 heterocycles. The number of aryl methyl sites for hydroxylation is 2. The largest absolute Gasteiger partial charge is 0.497 e. The number of carbonyl (C=O) groups excluding carboxylic acids is 2. The Morgan fingerprint density at radius 2 is 1.86 bits per heavy atom. The molecule has 1 fully saturated rings. The van der Waals surface area contributed by atoms with Crippen LogP contribution in [0.4, 0.5) is 11.4 Å². The van der Waals surface area contributed by atoms with Gasteiger partial charge in [-0.2, -0.15) is 0 Å². The second kappa shape index (κ2) is 6.92. The molecule has 0 bridgehead atoms. The van der Waals surface area contributed by atoms with Gasteiger partial charge in [0.25, 0.3) is 0 Å². The van der Waals surface area contributed by atoms with Crippen LogP contribution >= 0.6 is 0 Å². The maximum atomic E-state index is 12.8. The van der Waals surface area contributed by atoms with Gasteiger partial charge in [-0.25, -0.2) is 0 Å². The summed E-state index contributed by atoms with van der Waals surface area (Å²) in [6.45, 7) is 0.396. The zero-order valence-corrected chi connectivity index (χ0v) is 16.3. The molecule has 1 aliphatic carbocycles. The predicted molar refractivity (Wildman–Crippen MR) is 113 cm³/mol. The minimum Gasteiger partial charge on any atom is -0.497 e. The van der Waals surface area contributed by atoms with E-state index in [1.165, 1.54) is 16.5 Å². The van der Waals surface area contributed by atoms with E-state index in [-0.39, 0.29) is 24.2 Å². The van der Waals surface area contributed by atoms with E-state index in [1.807, 2.05) is 24.3 Å². The molecule has 5 heteroatoms. The molecular weight excluding hydrogens is 364 g/mol. The number of benzene rings is 3. The third-order valence-corrected chi connectivity index (χ3v) is 5.98. The standard InChI is InChI=1S/C24H22N2O3/c1-29-19-6-3-5-18(13-19)25-24(28)17-12-22(27)26(14-17)21-11-10-16-9-8-15-4-2-7-20(21)23(15)16/h2-7,10-11,13,17H,8-9,12,14H2,1H3,(H,25,28)/t17-/m1/s1. The first-order valence-corrected chi connectivity index (χ1v) is 9.93. The number of rotatable bonds is 4. The van der Waals surface area contributed by atoms with Crippen LogP contribution in [0.25, 0.3) is 10.8 Å². The van der Waals surface area contributed by atoms with Gasteiger partial charge in [0, 0.05) is 30.1 Å². The number of anilines is 2. The van der Waals surface area contributed by atoms with Gasteiger partial charge in [-0.15, -0.1) is 0 Å². The summed E-state index contributed by atoms with van der Waals surface area (Å²) in [5.41, 5.74) is 4.27. The third kappa shape index (κ3) is 3.03. The quantitative estimate of drug-likeness (QED) is 0.739. The van der Waals surface area contributed by atoms with Gasteiger partial charge < -0.3 is 15.0 Å². The highest BCUT2D eigenvalue weighted by atomic mass is 16.5. The average molecular weight is 386 g/mol. The van der Waals surface area contributed by atoms with Crippen LogP contribution in [0.2, 0.25) is 0 Å². The number of carbonyl (C=O) groups is 2. The summed E-state index contributed by atoms with van der Waals surface area (Å²) in [5.74, 6) is 0.158. The topological polar surface area (TPSA) is 58.6 Å². The maximum Gasteiger partial charge on any atom is 0.229 e. The molecular formula is C24H22N2O3. The third-order valence-electron chi connectivity index (χ3n) is 5.98. The number of ether oxygens (including phenoxy) is 1. The van der Waals surface area contributed by atoms with E-state index in [4.69, 9.17) is 4.74 Å². The number of hydrogen-bond acceptors (Lipinski definition) is 3. The van der Waals surface area contributed by atoms with Crippen LogP contribution in [0.3, 0.4) is 0 Å². The highest BCUT2D eigenvalue weighted by Gasteiger charge is 2.36. The van der Waals surface area contributed by atoms with Gasteiger partial charge in [0.05, 0.1) is 18.7 Å². The average Bonchev–Trinajstić information content (AvgIpc) is 3.34. The zero-order valence-electron chi connectivity index (χ0n) is 16.3. The Morgan fingerprint density at radius 3 is 2.69 bits per heavy atom. The summed E-state index contributed by atoms with van der Waals surface area (Å²) >= 11 is 0. The highest BCUT2D eigenvalue weighted by molar-refractivity contribution is 6.09. The van der Waals surface area contributed by atoms with Crippen LogP contribution in [0.15, 0.2) is 54.6 Å². The van der Waals surface area contributed by atoms with Crippen LogP contribution in [0.1, 0.15) is 17.5 Å². The number of methoxy groups -OCH3 is 1. The van der Waals surface area contributed by atoms with Gasteiger partial charge in [-0.05, 0) is 47.6 Å². The van der Waals surface area contributed by atoms with E-state index >= 15 is 0 Å². The molecule has 3 aromatic rings. The molecule has 0 unspecified atom stereocenters. The van der Waals surface area contributed by atoms with Crippen molar-refractivity contribution in [1.82, 2.24) is 0 Å². The van der Waals surface area contributed by atoms with Crippen molar-refractivity contribution < 1.29 is 14.3 Å². The number of amides is 2. The second-order valence-electron chi connectivity index (χ2n) is 7.71. The van der Waals surface area contributed by atoms with Gasteiger partial charge >= 0.3 is 0 Å². The molecule has 5 rings (SSSR count). The maximum absolute atomic E-state index is 12.8. The highest BCUT2D eigenvalue weighted by Crippen LogP contribution is 2.38. The molecule has 0 spiro atoms. The lowest BCUT2D eigenvalue weighted by Crippen LogP contribution is -2.28. The van der Waals surface area contributed by atoms with Crippen LogP contribution in [0, 0.1) is 5.92 Å². The van der Waals surface area contributed by atoms with E-state index in [1.54, 1.807) is 18.1 Å². The smallest absolute Gasteiger partial charge is 0.229 e. The van der Waals surface area contributed by atoms with Crippen molar-refractivity contribution in [2.24, 2.45) is 5.92 Å². The molecule has 146 valence electrons. The first-order valence-electron chi connectivity index (χ1n) is 9.93. The monoisotopic (exact) mass is 386 g/mol. The van der Waals surface area contributed by atoms with Gasteiger partial charge in [0.15, 0.2) is 0 Å². The van der Waals surface area contributed by atoms with Gasteiger partial charge in [-0.3, -0.25) is 9.59 Å². The molecule has 0 aromatic heterocycles. The summed E-state index contributed by atoms with van der Waals surface area (Å²) in [4.78, 5) is 27.4. The summed E-state index contributed by atoms with van der Waals surface area (Å²) in [6.07, 6.45) is 2.32. The summed E-state index contributed by atoms with van der Waals surface area (Å²) in [6, 6.07) is 17.7. The molecule has 29 heavy (non-hydrogen) atoms. The van der Waals surface area contributed by atoms with Gasteiger partial charge in [0.1, 0.15) is 5.75 Å². The molecule has 1 saturated heterocycles. The van der Waals surface area contributed by atoms with Crippen molar-refractivity contribution in [2.75, 3.05) is 23.9 Å². The van der Waals surface area contributed by atoms with E-state index in [0.29, 0.717) is 18.0 Å². The normalized spacial score (nSPS) is 17.8. The fraction of sp³-hybridized carbons (Fsp3) is 0.250. The first-order chi connectivity index (χ1) is 14.1. The Bertz CT molecular complexity index is 1130. The number of hydrogen-bond donors (Lipinski definition) is 1. The summed E-state index contributed by atoms with van der Waals surface area (Å²) < 4.78 is 5.21. The lowest BCUT2D eigenvalue weighted by Gasteiger charge is -2.20. The fourth-order valence-electron chi connectivity index (χ4n) is 4.53. The van der Waals surface area contributed by atoms with Gasteiger partial charge in [0.2, 0.25) is 11.8 Å². The van der Waals surface area contributed by atoms with Crippen LogP contribution in [-0.2, 0) is 22.4 Å². The van der Waals surface area contributed by atoms with Crippen LogP contribution in [-0.4, -0.2) is 25.5 Å². The minimum atomic E-state index is -0.378.